The second-order valence-corrected chi connectivity index (χ2v) is 9.43. The van der Waals surface area contributed by atoms with Crippen LogP contribution in [0.25, 0.3) is 0 Å². The molecule has 3 atom stereocenters. The van der Waals surface area contributed by atoms with Crippen molar-refractivity contribution in [2.45, 2.75) is 57.2 Å². The Morgan fingerprint density at radius 1 is 0.939 bits per heavy atom. The number of hydrogen-bond donors (Lipinski definition) is 0. The van der Waals surface area contributed by atoms with Crippen molar-refractivity contribution in [3.05, 3.63) is 59.2 Å². The molecule has 0 aromatic heterocycles. The van der Waals surface area contributed by atoms with Gasteiger partial charge in [-0.15, -0.1) is 0 Å². The predicted octanol–water partition coefficient (Wildman–Crippen LogP) is 4.06. The van der Waals surface area contributed by atoms with Gasteiger partial charge in [0.15, 0.2) is 11.5 Å². The Morgan fingerprint density at radius 2 is 1.64 bits per heavy atom. The van der Waals surface area contributed by atoms with Crippen LogP contribution in [0.2, 0.25) is 0 Å². The molecular weight excluding hydrogens is 416 g/mol. The number of methoxy groups -OCH3 is 2. The molecule has 2 heterocycles. The van der Waals surface area contributed by atoms with Crippen molar-refractivity contribution < 1.29 is 19.1 Å². The minimum atomic E-state index is -0.382. The molecule has 0 N–H and O–H groups in total. The van der Waals surface area contributed by atoms with Gasteiger partial charge in [0.25, 0.3) is 5.91 Å². The van der Waals surface area contributed by atoms with Crippen molar-refractivity contribution >= 4 is 11.8 Å². The summed E-state index contributed by atoms with van der Waals surface area (Å²) in [5.74, 6) is 1.89. The highest BCUT2D eigenvalue weighted by molar-refractivity contribution is 5.98. The fraction of sp³-hybridized carbons (Fsp3) is 0.481. The Morgan fingerprint density at radius 3 is 2.36 bits per heavy atom. The van der Waals surface area contributed by atoms with Gasteiger partial charge in [0.1, 0.15) is 6.04 Å². The Balaban J connectivity index is 1.41. The third kappa shape index (κ3) is 3.96. The molecule has 174 valence electrons. The molecule has 2 amide bonds. The predicted molar refractivity (Wildman–Crippen MR) is 125 cm³/mol. The zero-order valence-electron chi connectivity index (χ0n) is 19.5. The van der Waals surface area contributed by atoms with E-state index < -0.39 is 0 Å². The molecule has 1 aliphatic carbocycles. The van der Waals surface area contributed by atoms with E-state index in [0.717, 1.165) is 43.4 Å². The van der Waals surface area contributed by atoms with E-state index in [-0.39, 0.29) is 23.9 Å². The quantitative estimate of drug-likeness (QED) is 0.708. The summed E-state index contributed by atoms with van der Waals surface area (Å²) in [5.41, 5.74) is 2.94. The van der Waals surface area contributed by atoms with Crippen LogP contribution in [0.3, 0.4) is 0 Å². The normalized spacial score (nSPS) is 24.1. The van der Waals surface area contributed by atoms with E-state index >= 15 is 0 Å². The molecular formula is C27H32N2O4. The third-order valence-electron chi connectivity index (χ3n) is 7.66. The topological polar surface area (TPSA) is 59.1 Å². The van der Waals surface area contributed by atoms with Gasteiger partial charge in [0.05, 0.1) is 14.2 Å². The highest BCUT2D eigenvalue weighted by Gasteiger charge is 2.48. The number of benzene rings is 2. The maximum Gasteiger partial charge on any atom is 0.254 e. The minimum absolute atomic E-state index is 0.00725. The van der Waals surface area contributed by atoms with Gasteiger partial charge in [-0.25, -0.2) is 0 Å². The molecule has 2 aromatic rings. The molecule has 0 bridgehead atoms. The maximum atomic E-state index is 13.9. The molecule has 2 fully saturated rings. The molecule has 0 radical (unpaired) electrons. The zero-order chi connectivity index (χ0) is 22.9. The molecule has 33 heavy (non-hydrogen) atoms. The van der Waals surface area contributed by atoms with Crippen molar-refractivity contribution in [1.82, 2.24) is 9.80 Å². The van der Waals surface area contributed by atoms with Gasteiger partial charge in [0, 0.05) is 24.7 Å². The number of nitrogens with zero attached hydrogens (tertiary/aromatic N) is 2. The summed E-state index contributed by atoms with van der Waals surface area (Å²) in [6.45, 7) is 1.19. The molecule has 6 heteroatoms. The number of hydrogen-bond acceptors (Lipinski definition) is 4. The average molecular weight is 449 g/mol. The van der Waals surface area contributed by atoms with Crippen LogP contribution in [0.5, 0.6) is 11.5 Å². The molecule has 3 unspecified atom stereocenters. The molecule has 1 saturated carbocycles. The summed E-state index contributed by atoms with van der Waals surface area (Å²) in [6, 6.07) is 13.2. The second kappa shape index (κ2) is 9.08. The van der Waals surface area contributed by atoms with Crippen molar-refractivity contribution in [1.29, 1.82) is 0 Å². The number of rotatable bonds is 4. The third-order valence-corrected chi connectivity index (χ3v) is 7.66. The molecule has 1 saturated heterocycles. The first kappa shape index (κ1) is 21.8. The van der Waals surface area contributed by atoms with Crippen LogP contribution in [0.4, 0.5) is 0 Å². The van der Waals surface area contributed by atoms with Gasteiger partial charge in [0.2, 0.25) is 5.91 Å². The summed E-state index contributed by atoms with van der Waals surface area (Å²) < 4.78 is 10.9. The van der Waals surface area contributed by atoms with E-state index in [1.54, 1.807) is 14.2 Å². The zero-order valence-corrected chi connectivity index (χ0v) is 19.5. The molecule has 0 spiro atoms. The van der Waals surface area contributed by atoms with Crippen LogP contribution in [0, 0.1) is 5.92 Å². The summed E-state index contributed by atoms with van der Waals surface area (Å²) in [5, 5.41) is 0. The van der Waals surface area contributed by atoms with Crippen molar-refractivity contribution in [3.63, 3.8) is 0 Å². The lowest BCUT2D eigenvalue weighted by atomic mass is 9.84. The Kier molecular flexibility index (Phi) is 6.00. The van der Waals surface area contributed by atoms with E-state index in [9.17, 15) is 9.59 Å². The SMILES string of the molecule is COc1cc2c(cc1OC)CN(C(=O)C1CC3CCCCC3N1C(=O)c1ccccc1)CC2. The maximum absolute atomic E-state index is 13.9. The van der Waals surface area contributed by atoms with Crippen LogP contribution < -0.4 is 9.47 Å². The van der Waals surface area contributed by atoms with Gasteiger partial charge in [-0.05, 0) is 67.0 Å². The van der Waals surface area contributed by atoms with E-state index in [1.807, 2.05) is 52.3 Å². The lowest BCUT2D eigenvalue weighted by Gasteiger charge is -2.36. The number of carbonyl (C=O) groups excluding carboxylic acids is 2. The van der Waals surface area contributed by atoms with Gasteiger partial charge in [-0.3, -0.25) is 9.59 Å². The summed E-state index contributed by atoms with van der Waals surface area (Å²) in [6.07, 6.45) is 5.96. The molecule has 3 aliphatic rings. The fourth-order valence-electron chi connectivity index (χ4n) is 5.98. The summed E-state index contributed by atoms with van der Waals surface area (Å²) in [4.78, 5) is 31.3. The molecule has 2 aliphatic heterocycles. The number of likely N-dealkylation sites (tertiary alicyclic amines) is 1. The highest BCUT2D eigenvalue weighted by Crippen LogP contribution is 2.42. The van der Waals surface area contributed by atoms with Crippen LogP contribution in [-0.4, -0.2) is 54.5 Å². The number of fused-ring (bicyclic) bond motifs is 2. The monoisotopic (exact) mass is 448 g/mol. The fourth-order valence-corrected chi connectivity index (χ4v) is 5.98. The lowest BCUT2D eigenvalue weighted by Crippen LogP contribution is -2.51. The Bertz CT molecular complexity index is 1040. The second-order valence-electron chi connectivity index (χ2n) is 9.43. The van der Waals surface area contributed by atoms with Crippen LogP contribution >= 0.6 is 0 Å². The Hall–Kier alpha value is -3.02. The van der Waals surface area contributed by atoms with Crippen molar-refractivity contribution in [3.8, 4) is 11.5 Å². The standard InChI is InChI=1S/C27H32N2O4/c1-32-24-15-19-12-13-28(17-21(19)16-25(24)33-2)27(31)23-14-20-10-6-7-11-22(20)29(23)26(30)18-8-4-3-5-9-18/h3-5,8-9,15-16,20,22-23H,6-7,10-14,17H2,1-2H3. The van der Waals surface area contributed by atoms with Gasteiger partial charge < -0.3 is 19.3 Å². The van der Waals surface area contributed by atoms with Gasteiger partial charge >= 0.3 is 0 Å². The van der Waals surface area contributed by atoms with Gasteiger partial charge in [-0.2, -0.15) is 0 Å². The smallest absolute Gasteiger partial charge is 0.254 e. The largest absolute Gasteiger partial charge is 0.493 e. The van der Waals surface area contributed by atoms with Crippen LogP contribution in [0.1, 0.15) is 53.6 Å². The number of ether oxygens (including phenoxy) is 2. The summed E-state index contributed by atoms with van der Waals surface area (Å²) >= 11 is 0. The van der Waals surface area contributed by atoms with Crippen molar-refractivity contribution in [2.75, 3.05) is 20.8 Å². The first-order chi connectivity index (χ1) is 16.1. The molecule has 6 nitrogen and oxygen atoms in total. The van der Waals surface area contributed by atoms with E-state index in [0.29, 0.717) is 30.3 Å². The molecule has 2 aromatic carbocycles. The lowest BCUT2D eigenvalue weighted by molar-refractivity contribution is -0.136. The average Bonchev–Trinajstić information content (AvgIpc) is 3.26. The van der Waals surface area contributed by atoms with E-state index in [2.05, 4.69) is 0 Å². The first-order valence-electron chi connectivity index (χ1n) is 12.0. The van der Waals surface area contributed by atoms with E-state index in [1.165, 1.54) is 12.0 Å². The first-order valence-corrected chi connectivity index (χ1v) is 12.0. The van der Waals surface area contributed by atoms with Crippen LogP contribution in [-0.2, 0) is 17.8 Å². The summed E-state index contributed by atoms with van der Waals surface area (Å²) in [7, 11) is 3.27. The van der Waals surface area contributed by atoms with E-state index in [4.69, 9.17) is 9.47 Å². The highest BCUT2D eigenvalue weighted by atomic mass is 16.5. The molecule has 5 rings (SSSR count). The number of amides is 2. The minimum Gasteiger partial charge on any atom is -0.493 e. The Labute approximate surface area is 195 Å². The van der Waals surface area contributed by atoms with Crippen molar-refractivity contribution in [2.24, 2.45) is 5.92 Å². The number of carbonyl (C=O) groups is 2. The van der Waals surface area contributed by atoms with Crippen LogP contribution in [0.15, 0.2) is 42.5 Å². The van der Waals surface area contributed by atoms with Gasteiger partial charge in [-0.1, -0.05) is 31.0 Å².